The molecular weight excluding hydrogens is 398 g/mol. The molecule has 0 radical (unpaired) electrons. The van der Waals surface area contributed by atoms with E-state index in [0.717, 1.165) is 11.3 Å². The largest absolute Gasteiger partial charge is 0.481 e. The maximum Gasteiger partial charge on any atom is 0.311 e. The molecule has 3 rings (SSSR count). The van der Waals surface area contributed by atoms with E-state index in [0.29, 0.717) is 22.8 Å². The van der Waals surface area contributed by atoms with Crippen LogP contribution in [0.25, 0.3) is 0 Å². The van der Waals surface area contributed by atoms with Gasteiger partial charge in [0, 0.05) is 5.02 Å². The summed E-state index contributed by atoms with van der Waals surface area (Å²) in [5, 5.41) is 20.2. The third kappa shape index (κ3) is 5.40. The molecule has 3 atom stereocenters. The molecule has 0 aliphatic carbocycles. The van der Waals surface area contributed by atoms with Crippen LogP contribution in [0.5, 0.6) is 11.5 Å². The van der Waals surface area contributed by atoms with E-state index in [2.05, 4.69) is 6.07 Å². The predicted octanol–water partition coefficient (Wildman–Crippen LogP) is 6.32. The van der Waals surface area contributed by atoms with Crippen molar-refractivity contribution in [1.82, 2.24) is 0 Å². The lowest BCUT2D eigenvalue weighted by molar-refractivity contribution is -0.140. The summed E-state index contributed by atoms with van der Waals surface area (Å²) in [4.78, 5) is 12.0. The molecule has 152 valence electrons. The standard InChI is InChI=1S/C25H22ClNO3/c1-17(24(25(28)29)19-10-12-21(26)13-11-19)20(16-27)14-18-6-5-9-23(15-18)30-22-7-3-2-4-8-22/h2-13,15,17,20,24H,14H2,1H3,(H,28,29). The first-order valence-corrected chi connectivity index (χ1v) is 10.1. The van der Waals surface area contributed by atoms with E-state index in [9.17, 15) is 15.2 Å². The molecule has 0 saturated heterocycles. The number of halogens is 1. The Morgan fingerprint density at radius 2 is 1.70 bits per heavy atom. The molecule has 0 aromatic heterocycles. The van der Waals surface area contributed by atoms with Gasteiger partial charge in [0.15, 0.2) is 0 Å². The van der Waals surface area contributed by atoms with E-state index < -0.39 is 23.7 Å². The number of ether oxygens (including phenoxy) is 1. The zero-order valence-electron chi connectivity index (χ0n) is 16.5. The first-order valence-electron chi connectivity index (χ1n) is 9.67. The van der Waals surface area contributed by atoms with Gasteiger partial charge in [-0.25, -0.2) is 0 Å². The van der Waals surface area contributed by atoms with Crippen molar-refractivity contribution < 1.29 is 14.6 Å². The molecule has 1 N–H and O–H groups in total. The summed E-state index contributed by atoms with van der Waals surface area (Å²) >= 11 is 5.93. The minimum Gasteiger partial charge on any atom is -0.481 e. The Balaban J connectivity index is 1.78. The van der Waals surface area contributed by atoms with Crippen LogP contribution in [0.15, 0.2) is 78.9 Å². The van der Waals surface area contributed by atoms with Crippen molar-refractivity contribution in [3.05, 3.63) is 95.0 Å². The van der Waals surface area contributed by atoms with Gasteiger partial charge in [-0.05, 0) is 59.9 Å². The molecule has 5 heteroatoms. The summed E-state index contributed by atoms with van der Waals surface area (Å²) in [5.41, 5.74) is 1.56. The molecule has 0 saturated carbocycles. The Morgan fingerprint density at radius 3 is 2.33 bits per heavy atom. The minimum atomic E-state index is -0.953. The summed E-state index contributed by atoms with van der Waals surface area (Å²) in [7, 11) is 0. The molecule has 0 spiro atoms. The SMILES string of the molecule is CC(C(C#N)Cc1cccc(Oc2ccccc2)c1)C(C(=O)O)c1ccc(Cl)cc1. The Bertz CT molecular complexity index is 1030. The van der Waals surface area contributed by atoms with Crippen molar-refractivity contribution in [2.75, 3.05) is 0 Å². The van der Waals surface area contributed by atoms with Crippen molar-refractivity contribution >= 4 is 17.6 Å². The van der Waals surface area contributed by atoms with E-state index in [-0.39, 0.29) is 0 Å². The van der Waals surface area contributed by atoms with Gasteiger partial charge < -0.3 is 9.84 Å². The van der Waals surface area contributed by atoms with Crippen molar-refractivity contribution in [2.45, 2.75) is 19.3 Å². The number of hydrogen-bond acceptors (Lipinski definition) is 3. The molecule has 3 unspecified atom stereocenters. The van der Waals surface area contributed by atoms with Crippen molar-refractivity contribution in [3.8, 4) is 17.6 Å². The van der Waals surface area contributed by atoms with Crippen molar-refractivity contribution in [2.24, 2.45) is 11.8 Å². The first-order chi connectivity index (χ1) is 14.5. The first kappa shape index (κ1) is 21.4. The van der Waals surface area contributed by atoms with Crippen LogP contribution in [-0.2, 0) is 11.2 Å². The molecule has 3 aromatic carbocycles. The fourth-order valence-electron chi connectivity index (χ4n) is 3.54. The Labute approximate surface area is 181 Å². The molecule has 0 aliphatic rings. The third-order valence-electron chi connectivity index (χ3n) is 5.15. The number of para-hydroxylation sites is 1. The van der Waals surface area contributed by atoms with Crippen LogP contribution in [0.4, 0.5) is 0 Å². The second-order valence-corrected chi connectivity index (χ2v) is 7.67. The van der Waals surface area contributed by atoms with E-state index in [1.165, 1.54) is 0 Å². The van der Waals surface area contributed by atoms with Crippen LogP contribution in [0, 0.1) is 23.2 Å². The number of aliphatic carboxylic acids is 1. The molecule has 30 heavy (non-hydrogen) atoms. The van der Waals surface area contributed by atoms with Crippen molar-refractivity contribution in [1.29, 1.82) is 5.26 Å². The second kappa shape index (κ2) is 9.96. The lowest BCUT2D eigenvalue weighted by atomic mass is 9.77. The Hall–Kier alpha value is -3.29. The number of carbonyl (C=O) groups is 1. The van der Waals surface area contributed by atoms with Gasteiger partial charge in [0.1, 0.15) is 11.5 Å². The maximum absolute atomic E-state index is 12.0. The quantitative estimate of drug-likeness (QED) is 0.463. The monoisotopic (exact) mass is 419 g/mol. The maximum atomic E-state index is 12.0. The van der Waals surface area contributed by atoms with Gasteiger partial charge in [0.25, 0.3) is 0 Å². The molecule has 0 amide bonds. The molecule has 0 fully saturated rings. The summed E-state index contributed by atoms with van der Waals surface area (Å²) in [6.45, 7) is 1.81. The average Bonchev–Trinajstić information content (AvgIpc) is 2.74. The summed E-state index contributed by atoms with van der Waals surface area (Å²) in [5.74, 6) is -1.22. The molecule has 0 bridgehead atoms. The lowest BCUT2D eigenvalue weighted by Crippen LogP contribution is -2.26. The number of hydrogen-bond donors (Lipinski definition) is 1. The fraction of sp³-hybridized carbons (Fsp3) is 0.200. The predicted molar refractivity (Wildman–Crippen MR) is 117 cm³/mol. The fourth-order valence-corrected chi connectivity index (χ4v) is 3.66. The van der Waals surface area contributed by atoms with Crippen LogP contribution in [0.2, 0.25) is 5.02 Å². The summed E-state index contributed by atoms with van der Waals surface area (Å²) in [6, 6.07) is 26.1. The highest BCUT2D eigenvalue weighted by atomic mass is 35.5. The van der Waals surface area contributed by atoms with Crippen LogP contribution in [0.1, 0.15) is 24.0 Å². The number of nitriles is 1. The number of rotatable bonds is 8. The Morgan fingerprint density at radius 1 is 1.03 bits per heavy atom. The molecular formula is C25H22ClNO3. The van der Waals surface area contributed by atoms with Crippen LogP contribution < -0.4 is 4.74 Å². The minimum absolute atomic E-state index is 0.396. The highest BCUT2D eigenvalue weighted by Crippen LogP contribution is 2.33. The number of benzene rings is 3. The van der Waals surface area contributed by atoms with E-state index in [1.807, 2.05) is 61.5 Å². The van der Waals surface area contributed by atoms with Gasteiger partial charge in [-0.2, -0.15) is 5.26 Å². The number of carboxylic acids is 1. The summed E-state index contributed by atoms with van der Waals surface area (Å²) in [6.07, 6.45) is 0.432. The van der Waals surface area contributed by atoms with Crippen LogP contribution >= 0.6 is 11.6 Å². The van der Waals surface area contributed by atoms with Crippen LogP contribution in [-0.4, -0.2) is 11.1 Å². The summed E-state index contributed by atoms with van der Waals surface area (Å²) < 4.78 is 5.87. The Kier molecular flexibility index (Phi) is 7.11. The highest BCUT2D eigenvalue weighted by molar-refractivity contribution is 6.30. The average molecular weight is 420 g/mol. The highest BCUT2D eigenvalue weighted by Gasteiger charge is 2.32. The number of carboxylic acid groups (broad SMARTS) is 1. The smallest absolute Gasteiger partial charge is 0.311 e. The van der Waals surface area contributed by atoms with E-state index in [4.69, 9.17) is 16.3 Å². The lowest BCUT2D eigenvalue weighted by Gasteiger charge is -2.25. The van der Waals surface area contributed by atoms with Gasteiger partial charge in [-0.3, -0.25) is 4.79 Å². The topological polar surface area (TPSA) is 70.3 Å². The molecule has 3 aromatic rings. The molecule has 4 nitrogen and oxygen atoms in total. The van der Waals surface area contributed by atoms with Crippen LogP contribution in [0.3, 0.4) is 0 Å². The zero-order chi connectivity index (χ0) is 21.5. The van der Waals surface area contributed by atoms with Gasteiger partial charge >= 0.3 is 5.97 Å². The molecule has 0 heterocycles. The zero-order valence-corrected chi connectivity index (χ0v) is 17.3. The van der Waals surface area contributed by atoms with Gasteiger partial charge in [0.05, 0.1) is 17.9 Å². The van der Waals surface area contributed by atoms with E-state index in [1.54, 1.807) is 24.3 Å². The van der Waals surface area contributed by atoms with Gasteiger partial charge in [-0.15, -0.1) is 0 Å². The van der Waals surface area contributed by atoms with E-state index >= 15 is 0 Å². The van der Waals surface area contributed by atoms with Gasteiger partial charge in [0.2, 0.25) is 0 Å². The molecule has 0 aliphatic heterocycles. The normalized spacial score (nSPS) is 13.6. The van der Waals surface area contributed by atoms with Crippen molar-refractivity contribution in [3.63, 3.8) is 0 Å². The second-order valence-electron chi connectivity index (χ2n) is 7.23. The third-order valence-corrected chi connectivity index (χ3v) is 5.41. The number of nitrogens with zero attached hydrogens (tertiary/aromatic N) is 1. The van der Waals surface area contributed by atoms with Gasteiger partial charge in [-0.1, -0.05) is 61.0 Å².